The lowest BCUT2D eigenvalue weighted by molar-refractivity contribution is -0.385. The molecule has 172 valence electrons. The first-order chi connectivity index (χ1) is 15.2. The average molecular weight is 456 g/mol. The quantitative estimate of drug-likeness (QED) is 0.250. The standard InChI is InChI=1S/C21H20F4N2O5/c1-31-18-8-13(17(27(29)30)10-19(18)32-21(24)25)11-26-6-4-12(5-7-26)20(28)15-9-14(22)2-3-16(15)23/h2-3,8-10,12,21H,4-7,11H2,1H3. The minimum Gasteiger partial charge on any atom is -0.493 e. The second-order valence-electron chi connectivity index (χ2n) is 7.31. The SMILES string of the molecule is COc1cc(CN2CCC(C(=O)c3cc(F)ccc3F)CC2)c([N+](=O)[O-])cc1OC(F)F. The summed E-state index contributed by atoms with van der Waals surface area (Å²) in [5.41, 5.74) is -0.464. The van der Waals surface area contributed by atoms with Gasteiger partial charge in [0, 0.05) is 18.0 Å². The molecule has 1 fully saturated rings. The molecule has 1 aliphatic rings. The van der Waals surface area contributed by atoms with E-state index < -0.39 is 46.3 Å². The molecule has 1 saturated heterocycles. The lowest BCUT2D eigenvalue weighted by atomic mass is 9.88. The summed E-state index contributed by atoms with van der Waals surface area (Å²) < 4.78 is 61.8. The molecule has 0 atom stereocenters. The normalized spacial score (nSPS) is 15.1. The van der Waals surface area contributed by atoms with Gasteiger partial charge in [-0.25, -0.2) is 8.78 Å². The van der Waals surface area contributed by atoms with Crippen LogP contribution in [-0.4, -0.2) is 42.4 Å². The predicted molar refractivity (Wildman–Crippen MR) is 105 cm³/mol. The van der Waals surface area contributed by atoms with Gasteiger partial charge in [-0.3, -0.25) is 19.8 Å². The molecule has 0 saturated carbocycles. The van der Waals surface area contributed by atoms with Crippen molar-refractivity contribution in [2.24, 2.45) is 5.92 Å². The zero-order valence-electron chi connectivity index (χ0n) is 17.0. The number of hydrogen-bond donors (Lipinski definition) is 0. The van der Waals surface area contributed by atoms with Gasteiger partial charge in [0.05, 0.1) is 23.7 Å². The molecule has 1 aliphatic heterocycles. The van der Waals surface area contributed by atoms with Crippen LogP contribution in [0.3, 0.4) is 0 Å². The van der Waals surface area contributed by atoms with Crippen LogP contribution in [0.25, 0.3) is 0 Å². The van der Waals surface area contributed by atoms with Crippen molar-refractivity contribution in [2.75, 3.05) is 20.2 Å². The minimum absolute atomic E-state index is 0.0717. The number of hydrogen-bond acceptors (Lipinski definition) is 6. The van der Waals surface area contributed by atoms with Gasteiger partial charge in [-0.1, -0.05) is 0 Å². The summed E-state index contributed by atoms with van der Waals surface area (Å²) in [7, 11) is 1.23. The van der Waals surface area contributed by atoms with Crippen LogP contribution in [0.5, 0.6) is 11.5 Å². The Kier molecular flexibility index (Phi) is 7.29. The molecule has 0 spiro atoms. The maximum Gasteiger partial charge on any atom is 0.387 e. The molecule has 0 N–H and O–H groups in total. The number of alkyl halides is 2. The number of nitro benzene ring substituents is 1. The van der Waals surface area contributed by atoms with E-state index in [9.17, 15) is 32.5 Å². The molecule has 0 unspecified atom stereocenters. The van der Waals surface area contributed by atoms with Gasteiger partial charge in [-0.05, 0) is 50.2 Å². The van der Waals surface area contributed by atoms with Crippen LogP contribution in [0.4, 0.5) is 23.2 Å². The summed E-state index contributed by atoms with van der Waals surface area (Å²) in [4.78, 5) is 25.2. The highest BCUT2D eigenvalue weighted by Gasteiger charge is 2.29. The maximum atomic E-state index is 13.9. The van der Waals surface area contributed by atoms with Crippen LogP contribution in [0.1, 0.15) is 28.8 Å². The first-order valence-electron chi connectivity index (χ1n) is 9.71. The number of ether oxygens (including phenoxy) is 2. The molecule has 2 aromatic carbocycles. The molecule has 0 amide bonds. The summed E-state index contributed by atoms with van der Waals surface area (Å²) in [5.74, 6) is -2.99. The predicted octanol–water partition coefficient (Wildman–Crippen LogP) is 4.58. The van der Waals surface area contributed by atoms with Gasteiger partial charge in [0.15, 0.2) is 17.3 Å². The van der Waals surface area contributed by atoms with Crippen molar-refractivity contribution in [1.82, 2.24) is 4.90 Å². The highest BCUT2D eigenvalue weighted by Crippen LogP contribution is 2.37. The average Bonchev–Trinajstić information content (AvgIpc) is 2.75. The van der Waals surface area contributed by atoms with Gasteiger partial charge in [0.1, 0.15) is 11.6 Å². The van der Waals surface area contributed by atoms with Crippen molar-refractivity contribution < 1.29 is 36.8 Å². The molecule has 2 aromatic rings. The van der Waals surface area contributed by atoms with Gasteiger partial charge < -0.3 is 9.47 Å². The maximum absolute atomic E-state index is 13.9. The Morgan fingerprint density at radius 3 is 2.47 bits per heavy atom. The third-order valence-electron chi connectivity index (χ3n) is 5.32. The molecular formula is C21H20F4N2O5. The Hall–Kier alpha value is -3.21. The van der Waals surface area contributed by atoms with Crippen LogP contribution in [-0.2, 0) is 6.54 Å². The van der Waals surface area contributed by atoms with Crippen molar-refractivity contribution in [2.45, 2.75) is 26.0 Å². The number of piperidine rings is 1. The van der Waals surface area contributed by atoms with E-state index in [2.05, 4.69) is 4.74 Å². The lowest BCUT2D eigenvalue weighted by Gasteiger charge is -2.31. The third kappa shape index (κ3) is 5.34. The molecule has 11 heteroatoms. The molecule has 0 aliphatic carbocycles. The summed E-state index contributed by atoms with van der Waals surface area (Å²) in [6, 6.07) is 4.89. The highest BCUT2D eigenvalue weighted by atomic mass is 19.3. The topological polar surface area (TPSA) is 81.9 Å². The zero-order valence-corrected chi connectivity index (χ0v) is 17.0. The number of nitro groups is 1. The van der Waals surface area contributed by atoms with E-state index in [4.69, 9.17) is 4.74 Å². The molecule has 0 bridgehead atoms. The fraction of sp³-hybridized carbons (Fsp3) is 0.381. The van der Waals surface area contributed by atoms with Crippen molar-refractivity contribution in [3.8, 4) is 11.5 Å². The molecule has 3 rings (SSSR count). The van der Waals surface area contributed by atoms with Crippen molar-refractivity contribution in [3.05, 3.63) is 63.2 Å². The highest BCUT2D eigenvalue weighted by molar-refractivity contribution is 5.98. The van der Waals surface area contributed by atoms with Crippen molar-refractivity contribution >= 4 is 11.5 Å². The number of halogens is 4. The summed E-state index contributed by atoms with van der Waals surface area (Å²) in [5, 5.41) is 11.5. The monoisotopic (exact) mass is 456 g/mol. The number of nitrogens with zero attached hydrogens (tertiary/aromatic N) is 2. The number of carbonyl (C=O) groups is 1. The Labute approximate surface area is 180 Å². The lowest BCUT2D eigenvalue weighted by Crippen LogP contribution is -2.36. The van der Waals surface area contributed by atoms with Crippen molar-refractivity contribution in [1.29, 1.82) is 0 Å². The minimum atomic E-state index is -3.17. The third-order valence-corrected chi connectivity index (χ3v) is 5.32. The van der Waals surface area contributed by atoms with Crippen LogP contribution in [0.15, 0.2) is 30.3 Å². The summed E-state index contributed by atoms with van der Waals surface area (Å²) in [6.07, 6.45) is 0.707. The Bertz CT molecular complexity index is 1010. The van der Waals surface area contributed by atoms with Gasteiger partial charge in [-0.15, -0.1) is 0 Å². The van der Waals surface area contributed by atoms with Crippen LogP contribution < -0.4 is 9.47 Å². The van der Waals surface area contributed by atoms with Crippen molar-refractivity contribution in [3.63, 3.8) is 0 Å². The van der Waals surface area contributed by atoms with Crippen LogP contribution in [0, 0.1) is 27.7 Å². The number of likely N-dealkylation sites (tertiary alicyclic amines) is 1. The smallest absolute Gasteiger partial charge is 0.387 e. The van der Waals surface area contributed by atoms with Gasteiger partial charge in [0.2, 0.25) is 0 Å². The number of carbonyl (C=O) groups excluding carboxylic acids is 1. The molecule has 7 nitrogen and oxygen atoms in total. The fourth-order valence-corrected chi connectivity index (χ4v) is 3.74. The summed E-state index contributed by atoms with van der Waals surface area (Å²) in [6.45, 7) is -2.31. The molecule has 32 heavy (non-hydrogen) atoms. The van der Waals surface area contributed by atoms with E-state index in [1.807, 2.05) is 4.90 Å². The number of rotatable bonds is 8. The Balaban J connectivity index is 1.72. The molecular weight excluding hydrogens is 436 g/mol. The number of ketones is 1. The molecule has 1 heterocycles. The number of methoxy groups -OCH3 is 1. The summed E-state index contributed by atoms with van der Waals surface area (Å²) >= 11 is 0. The fourth-order valence-electron chi connectivity index (χ4n) is 3.74. The Morgan fingerprint density at radius 1 is 1.19 bits per heavy atom. The van der Waals surface area contributed by atoms with Gasteiger partial charge in [-0.2, -0.15) is 8.78 Å². The molecule has 0 aromatic heterocycles. The van der Waals surface area contributed by atoms with E-state index in [0.717, 1.165) is 24.3 Å². The van der Waals surface area contributed by atoms with Crippen LogP contribution >= 0.6 is 0 Å². The van der Waals surface area contributed by atoms with Gasteiger partial charge in [0.25, 0.3) is 5.69 Å². The first-order valence-corrected chi connectivity index (χ1v) is 9.71. The van der Waals surface area contributed by atoms with Gasteiger partial charge >= 0.3 is 6.61 Å². The van der Waals surface area contributed by atoms with E-state index in [1.165, 1.54) is 13.2 Å². The number of benzene rings is 2. The molecule has 0 radical (unpaired) electrons. The zero-order chi connectivity index (χ0) is 23.4. The van der Waals surface area contributed by atoms with E-state index in [1.54, 1.807) is 0 Å². The Morgan fingerprint density at radius 2 is 1.88 bits per heavy atom. The van der Waals surface area contributed by atoms with Crippen LogP contribution in [0.2, 0.25) is 0 Å². The second-order valence-corrected chi connectivity index (χ2v) is 7.31. The van der Waals surface area contributed by atoms with E-state index in [0.29, 0.717) is 25.9 Å². The van der Waals surface area contributed by atoms with E-state index >= 15 is 0 Å². The van der Waals surface area contributed by atoms with E-state index in [-0.39, 0.29) is 23.4 Å². The second kappa shape index (κ2) is 9.94. The number of Topliss-reactive ketones (excluding diaryl/α,β-unsaturated/α-hetero) is 1. The largest absolute Gasteiger partial charge is 0.493 e. The first kappa shape index (κ1) is 23.5.